The molecular weight excluding hydrogens is 479 g/mol. The summed E-state index contributed by atoms with van der Waals surface area (Å²) in [5.41, 5.74) is 5.47. The van der Waals surface area contributed by atoms with Crippen molar-refractivity contribution >= 4 is 11.6 Å². The van der Waals surface area contributed by atoms with Gasteiger partial charge in [0.05, 0.1) is 7.11 Å². The Labute approximate surface area is 226 Å². The predicted octanol–water partition coefficient (Wildman–Crippen LogP) is 9.68. The average Bonchev–Trinajstić information content (AvgIpc) is 2.89. The van der Waals surface area contributed by atoms with Crippen LogP contribution in [0.2, 0.25) is 5.02 Å². The van der Waals surface area contributed by atoms with Crippen LogP contribution in [0.4, 0.5) is 4.39 Å². The lowest BCUT2D eigenvalue weighted by Gasteiger charge is -2.56. The summed E-state index contributed by atoms with van der Waals surface area (Å²) in [5.74, 6) is 0.594. The monoisotopic (exact) mass is 514 g/mol. The van der Waals surface area contributed by atoms with Gasteiger partial charge in [-0.25, -0.2) is 4.39 Å². The van der Waals surface area contributed by atoms with Crippen LogP contribution in [0.15, 0.2) is 91.0 Å². The van der Waals surface area contributed by atoms with E-state index in [0.717, 1.165) is 27.5 Å². The molecule has 1 atom stereocenters. The molecule has 0 saturated heterocycles. The number of aryl methyl sites for hydroxylation is 1. The van der Waals surface area contributed by atoms with E-state index in [1.165, 1.54) is 22.8 Å². The van der Waals surface area contributed by atoms with Gasteiger partial charge in [-0.15, -0.1) is 0 Å². The third kappa shape index (κ3) is 4.57. The van der Waals surface area contributed by atoms with Crippen molar-refractivity contribution in [1.82, 2.24) is 0 Å². The van der Waals surface area contributed by atoms with E-state index in [-0.39, 0.29) is 16.6 Å². The van der Waals surface area contributed by atoms with Gasteiger partial charge < -0.3 is 4.74 Å². The highest BCUT2D eigenvalue weighted by Crippen LogP contribution is 2.57. The smallest absolute Gasteiger partial charge is 0.123 e. The first-order valence-electron chi connectivity index (χ1n) is 12.7. The topological polar surface area (TPSA) is 9.23 Å². The molecule has 0 aliphatic rings. The van der Waals surface area contributed by atoms with E-state index in [9.17, 15) is 4.39 Å². The molecule has 0 saturated carbocycles. The lowest BCUT2D eigenvalue weighted by molar-refractivity contribution is 0.162. The average molecular weight is 515 g/mol. The first-order chi connectivity index (χ1) is 17.4. The predicted molar refractivity (Wildman–Crippen MR) is 154 cm³/mol. The second-order valence-electron chi connectivity index (χ2n) is 11.1. The maximum absolute atomic E-state index is 14.5. The van der Waals surface area contributed by atoms with E-state index in [1.54, 1.807) is 13.2 Å². The molecule has 0 spiro atoms. The molecule has 0 bridgehead atoms. The summed E-state index contributed by atoms with van der Waals surface area (Å²) >= 11 is 6.28. The van der Waals surface area contributed by atoms with E-state index in [0.29, 0.717) is 0 Å². The van der Waals surface area contributed by atoms with Gasteiger partial charge in [-0.2, -0.15) is 0 Å². The van der Waals surface area contributed by atoms with Gasteiger partial charge in [0.2, 0.25) is 0 Å². The molecule has 4 aromatic rings. The van der Waals surface area contributed by atoms with Crippen LogP contribution in [0.1, 0.15) is 56.9 Å². The number of halogens is 2. The molecule has 37 heavy (non-hydrogen) atoms. The van der Waals surface area contributed by atoms with Crippen LogP contribution in [0.5, 0.6) is 5.75 Å². The molecule has 0 aromatic heterocycles. The number of hydrogen-bond acceptors (Lipinski definition) is 1. The van der Waals surface area contributed by atoms with Gasteiger partial charge in [0, 0.05) is 15.9 Å². The van der Waals surface area contributed by atoms with Crippen molar-refractivity contribution in [3.63, 3.8) is 0 Å². The molecular formula is C34H36ClFO. The first-order valence-corrected chi connectivity index (χ1v) is 13.1. The van der Waals surface area contributed by atoms with E-state index >= 15 is 0 Å². The van der Waals surface area contributed by atoms with Crippen LogP contribution < -0.4 is 4.74 Å². The van der Waals surface area contributed by atoms with Crippen molar-refractivity contribution in [2.75, 3.05) is 7.11 Å². The second-order valence-corrected chi connectivity index (χ2v) is 11.6. The highest BCUT2D eigenvalue weighted by atomic mass is 35.5. The van der Waals surface area contributed by atoms with Gasteiger partial charge >= 0.3 is 0 Å². The Morgan fingerprint density at radius 3 is 1.89 bits per heavy atom. The molecule has 1 nitrogen and oxygen atoms in total. The first kappa shape index (κ1) is 26.9. The number of ether oxygens (including phenoxy) is 1. The number of methoxy groups -OCH3 is 1. The minimum absolute atomic E-state index is 0.229. The second kappa shape index (κ2) is 9.99. The quantitative estimate of drug-likeness (QED) is 0.238. The Morgan fingerprint density at radius 1 is 0.676 bits per heavy atom. The Morgan fingerprint density at radius 2 is 1.27 bits per heavy atom. The van der Waals surface area contributed by atoms with Crippen LogP contribution in [0.25, 0.3) is 11.1 Å². The third-order valence-electron chi connectivity index (χ3n) is 8.82. The minimum Gasteiger partial charge on any atom is -0.497 e. The molecule has 0 amide bonds. The zero-order chi connectivity index (χ0) is 27.0. The van der Waals surface area contributed by atoms with Crippen molar-refractivity contribution in [3.8, 4) is 16.9 Å². The van der Waals surface area contributed by atoms with Gasteiger partial charge in [-0.05, 0) is 82.1 Å². The Bertz CT molecular complexity index is 1390. The fourth-order valence-corrected chi connectivity index (χ4v) is 6.13. The summed E-state index contributed by atoms with van der Waals surface area (Å²) < 4.78 is 19.9. The summed E-state index contributed by atoms with van der Waals surface area (Å²) in [6.07, 6.45) is 0. The van der Waals surface area contributed by atoms with Crippen LogP contribution >= 0.6 is 11.6 Å². The summed E-state index contributed by atoms with van der Waals surface area (Å²) in [4.78, 5) is 0. The van der Waals surface area contributed by atoms with Crippen molar-refractivity contribution in [2.24, 2.45) is 0 Å². The molecule has 0 N–H and O–H groups in total. The summed E-state index contributed by atoms with van der Waals surface area (Å²) in [6, 6.07) is 30.1. The van der Waals surface area contributed by atoms with Crippen molar-refractivity contribution in [1.29, 1.82) is 0 Å². The van der Waals surface area contributed by atoms with Crippen LogP contribution in [0, 0.1) is 12.7 Å². The molecule has 4 rings (SSSR count). The van der Waals surface area contributed by atoms with Gasteiger partial charge in [0.1, 0.15) is 11.6 Å². The lowest BCUT2D eigenvalue weighted by atomic mass is 9.47. The number of benzene rings is 4. The van der Waals surface area contributed by atoms with E-state index in [4.69, 9.17) is 16.3 Å². The largest absolute Gasteiger partial charge is 0.497 e. The zero-order valence-corrected chi connectivity index (χ0v) is 23.6. The highest BCUT2D eigenvalue weighted by Gasteiger charge is 2.54. The zero-order valence-electron chi connectivity index (χ0n) is 22.8. The van der Waals surface area contributed by atoms with Gasteiger partial charge in [0.15, 0.2) is 0 Å². The Kier molecular flexibility index (Phi) is 7.27. The maximum Gasteiger partial charge on any atom is 0.123 e. The lowest BCUT2D eigenvalue weighted by Crippen LogP contribution is -2.55. The fourth-order valence-electron chi connectivity index (χ4n) is 6.00. The number of rotatable bonds is 7. The van der Waals surface area contributed by atoms with Crippen molar-refractivity contribution < 1.29 is 9.13 Å². The number of hydrogen-bond donors (Lipinski definition) is 0. The normalized spacial score (nSPS) is 13.8. The van der Waals surface area contributed by atoms with Gasteiger partial charge in [-0.3, -0.25) is 0 Å². The molecule has 192 valence electrons. The fraction of sp³-hybridized carbons (Fsp3) is 0.294. The molecule has 0 heterocycles. The molecule has 4 aromatic carbocycles. The third-order valence-corrected chi connectivity index (χ3v) is 9.08. The molecule has 0 aliphatic carbocycles. The van der Waals surface area contributed by atoms with Gasteiger partial charge in [0.25, 0.3) is 0 Å². The Hall–Kier alpha value is -3.10. The van der Waals surface area contributed by atoms with E-state index in [2.05, 4.69) is 77.1 Å². The summed E-state index contributed by atoms with van der Waals surface area (Å²) in [6.45, 7) is 13.6. The summed E-state index contributed by atoms with van der Waals surface area (Å²) in [5, 5.41) is 0.719. The molecule has 0 aliphatic heterocycles. The Balaban J connectivity index is 2.02. The molecule has 0 fully saturated rings. The van der Waals surface area contributed by atoms with Crippen molar-refractivity contribution in [3.05, 3.63) is 124 Å². The maximum atomic E-state index is 14.5. The minimum atomic E-state index is -0.405. The van der Waals surface area contributed by atoms with Gasteiger partial charge in [-0.1, -0.05) is 101 Å². The van der Waals surface area contributed by atoms with Crippen LogP contribution in [0.3, 0.4) is 0 Å². The SMILES string of the molecule is COc1ccc(C(C)(C(C)(C)c2ccc(Cl)cc2)C(C)(C)c2ccccc2-c2cc(F)ccc2C)cc1. The summed E-state index contributed by atoms with van der Waals surface area (Å²) in [7, 11) is 1.69. The van der Waals surface area contributed by atoms with Crippen LogP contribution in [-0.4, -0.2) is 7.11 Å². The van der Waals surface area contributed by atoms with Crippen molar-refractivity contribution in [2.45, 2.75) is 57.8 Å². The van der Waals surface area contributed by atoms with Crippen LogP contribution in [-0.2, 0) is 16.2 Å². The highest BCUT2D eigenvalue weighted by molar-refractivity contribution is 6.30. The molecule has 0 radical (unpaired) electrons. The van der Waals surface area contributed by atoms with E-state index < -0.39 is 5.41 Å². The molecule has 3 heteroatoms. The molecule has 1 unspecified atom stereocenters. The van der Waals surface area contributed by atoms with E-state index in [1.807, 2.05) is 43.3 Å². The standard InChI is InChI=1S/C34H36ClFO/c1-23-12-19-27(36)22-30(23)29-10-8-9-11-31(29)33(4,5)34(6,25-15-20-28(37-7)21-16-25)32(2,3)24-13-17-26(35)18-14-24/h8-22H,1-7H3.